The van der Waals surface area contributed by atoms with Gasteiger partial charge in [0.15, 0.2) is 5.76 Å². The van der Waals surface area contributed by atoms with E-state index in [1.807, 2.05) is 0 Å². The van der Waals surface area contributed by atoms with Crippen LogP contribution in [0.2, 0.25) is 0 Å². The highest BCUT2D eigenvalue weighted by Gasteiger charge is 2.36. The molecule has 2 aromatic rings. The molecule has 2 heterocycles. The Morgan fingerprint density at radius 2 is 2.15 bits per heavy atom. The van der Waals surface area contributed by atoms with Gasteiger partial charge in [-0.1, -0.05) is 11.2 Å². The molecule has 0 spiro atoms. The molecular formula is C18H23N3O5S. The topological polar surface area (TPSA) is 102 Å². The Morgan fingerprint density at radius 3 is 2.81 bits per heavy atom. The van der Waals surface area contributed by atoms with Crippen molar-refractivity contribution >= 4 is 21.6 Å². The summed E-state index contributed by atoms with van der Waals surface area (Å²) in [4.78, 5) is 12.7. The molecule has 146 valence electrons. The Labute approximate surface area is 158 Å². The van der Waals surface area contributed by atoms with Crippen LogP contribution in [0.15, 0.2) is 33.7 Å². The molecule has 3 rings (SSSR count). The molecule has 1 fully saturated rings. The zero-order valence-electron chi connectivity index (χ0n) is 15.6. The van der Waals surface area contributed by atoms with Gasteiger partial charge in [-0.2, -0.15) is 4.31 Å². The fourth-order valence-corrected chi connectivity index (χ4v) is 5.11. The number of anilines is 1. The normalized spacial score (nSPS) is 18.3. The summed E-state index contributed by atoms with van der Waals surface area (Å²) in [5.41, 5.74) is 0.945. The summed E-state index contributed by atoms with van der Waals surface area (Å²) in [5.74, 6) is 0.261. The molecule has 1 N–H and O–H groups in total. The van der Waals surface area contributed by atoms with Crippen molar-refractivity contribution in [3.05, 3.63) is 35.7 Å². The van der Waals surface area contributed by atoms with Gasteiger partial charge in [0.1, 0.15) is 16.3 Å². The molecule has 1 saturated heterocycles. The van der Waals surface area contributed by atoms with E-state index in [9.17, 15) is 13.2 Å². The van der Waals surface area contributed by atoms with Crippen molar-refractivity contribution in [3.63, 3.8) is 0 Å². The van der Waals surface area contributed by atoms with Crippen molar-refractivity contribution in [2.24, 2.45) is 5.92 Å². The minimum Gasteiger partial charge on any atom is -0.497 e. The van der Waals surface area contributed by atoms with Gasteiger partial charge in [-0.25, -0.2) is 8.42 Å². The minimum absolute atomic E-state index is 0.0938. The fourth-order valence-electron chi connectivity index (χ4n) is 3.29. The van der Waals surface area contributed by atoms with Crippen LogP contribution in [0.4, 0.5) is 5.69 Å². The van der Waals surface area contributed by atoms with Crippen LogP contribution in [-0.4, -0.2) is 44.0 Å². The van der Waals surface area contributed by atoms with Gasteiger partial charge < -0.3 is 14.6 Å². The first-order valence-corrected chi connectivity index (χ1v) is 10.1. The number of rotatable bonds is 5. The van der Waals surface area contributed by atoms with Crippen LogP contribution in [0, 0.1) is 19.8 Å². The van der Waals surface area contributed by atoms with Crippen LogP contribution < -0.4 is 10.1 Å². The number of hydrogen-bond donors (Lipinski definition) is 1. The van der Waals surface area contributed by atoms with E-state index in [2.05, 4.69) is 10.5 Å². The lowest BCUT2D eigenvalue weighted by Crippen LogP contribution is -2.43. The molecule has 1 aromatic heterocycles. The minimum atomic E-state index is -3.75. The number of carbonyl (C=O) groups is 1. The van der Waals surface area contributed by atoms with Crippen molar-refractivity contribution in [3.8, 4) is 5.75 Å². The van der Waals surface area contributed by atoms with E-state index >= 15 is 0 Å². The third-order valence-corrected chi connectivity index (χ3v) is 6.77. The third-order valence-electron chi connectivity index (χ3n) is 4.66. The van der Waals surface area contributed by atoms with Crippen LogP contribution in [0.1, 0.15) is 24.3 Å². The number of hydrogen-bond acceptors (Lipinski definition) is 6. The number of amides is 1. The average molecular weight is 393 g/mol. The number of piperidine rings is 1. The van der Waals surface area contributed by atoms with Gasteiger partial charge in [-0.3, -0.25) is 4.79 Å². The molecule has 1 atom stereocenters. The van der Waals surface area contributed by atoms with Gasteiger partial charge in [-0.15, -0.1) is 0 Å². The number of sulfonamides is 1. The largest absolute Gasteiger partial charge is 0.497 e. The van der Waals surface area contributed by atoms with E-state index < -0.39 is 15.9 Å². The second kappa shape index (κ2) is 7.69. The van der Waals surface area contributed by atoms with Crippen LogP contribution >= 0.6 is 0 Å². The smallest absolute Gasteiger partial charge is 0.248 e. The first-order valence-electron chi connectivity index (χ1n) is 8.71. The standard InChI is InChI=1S/C18H23N3O5S/c1-12-17(13(2)26-20-12)27(23,24)21-9-5-6-14(11-21)18(22)19-15-7-4-8-16(10-15)25-3/h4,7-8,10,14H,5-6,9,11H2,1-3H3,(H,19,22). The number of aromatic nitrogens is 1. The molecule has 1 aliphatic heterocycles. The van der Waals surface area contributed by atoms with Crippen LogP contribution in [-0.2, 0) is 14.8 Å². The first kappa shape index (κ1) is 19.4. The lowest BCUT2D eigenvalue weighted by Gasteiger charge is -2.31. The number of ether oxygens (including phenoxy) is 1. The Bertz CT molecular complexity index is 919. The van der Waals surface area contributed by atoms with Crippen LogP contribution in [0.5, 0.6) is 5.75 Å². The fraction of sp³-hybridized carbons (Fsp3) is 0.444. The van der Waals surface area contributed by atoms with E-state index in [0.717, 1.165) is 0 Å². The van der Waals surface area contributed by atoms with Gasteiger partial charge in [0.2, 0.25) is 15.9 Å². The maximum atomic E-state index is 13.0. The highest BCUT2D eigenvalue weighted by atomic mass is 32.2. The van der Waals surface area contributed by atoms with E-state index in [1.54, 1.807) is 45.2 Å². The number of methoxy groups -OCH3 is 1. The highest BCUT2D eigenvalue weighted by Crippen LogP contribution is 2.28. The number of aryl methyl sites for hydroxylation is 2. The Balaban J connectivity index is 1.74. The summed E-state index contributed by atoms with van der Waals surface area (Å²) >= 11 is 0. The molecular weight excluding hydrogens is 370 g/mol. The van der Waals surface area contributed by atoms with Crippen molar-refractivity contribution in [1.29, 1.82) is 0 Å². The van der Waals surface area contributed by atoms with Gasteiger partial charge in [-0.05, 0) is 38.8 Å². The molecule has 9 heteroatoms. The van der Waals surface area contributed by atoms with Crippen molar-refractivity contribution in [2.45, 2.75) is 31.6 Å². The molecule has 0 aliphatic carbocycles. The number of carbonyl (C=O) groups excluding carboxylic acids is 1. The summed E-state index contributed by atoms with van der Waals surface area (Å²) in [6.07, 6.45) is 1.24. The lowest BCUT2D eigenvalue weighted by molar-refractivity contribution is -0.120. The summed E-state index contributed by atoms with van der Waals surface area (Å²) in [6.45, 7) is 3.67. The van der Waals surface area contributed by atoms with Crippen molar-refractivity contribution in [2.75, 3.05) is 25.5 Å². The van der Waals surface area contributed by atoms with E-state index in [4.69, 9.17) is 9.26 Å². The molecule has 27 heavy (non-hydrogen) atoms. The molecule has 1 unspecified atom stereocenters. The van der Waals surface area contributed by atoms with E-state index in [1.165, 1.54) is 4.31 Å². The first-order chi connectivity index (χ1) is 12.8. The zero-order valence-corrected chi connectivity index (χ0v) is 16.4. The SMILES string of the molecule is COc1cccc(NC(=O)C2CCCN(S(=O)(=O)c3c(C)noc3C)C2)c1. The molecule has 1 amide bonds. The van der Waals surface area contributed by atoms with E-state index in [0.29, 0.717) is 36.5 Å². The summed E-state index contributed by atoms with van der Waals surface area (Å²) in [6, 6.07) is 7.05. The summed E-state index contributed by atoms with van der Waals surface area (Å²) < 4.78 is 37.5. The predicted octanol–water partition coefficient (Wildman–Crippen LogP) is 2.34. The Kier molecular flexibility index (Phi) is 5.52. The Morgan fingerprint density at radius 1 is 1.37 bits per heavy atom. The molecule has 0 bridgehead atoms. The quantitative estimate of drug-likeness (QED) is 0.837. The van der Waals surface area contributed by atoms with Crippen LogP contribution in [0.3, 0.4) is 0 Å². The molecule has 1 aliphatic rings. The van der Waals surface area contributed by atoms with Gasteiger partial charge in [0.25, 0.3) is 0 Å². The predicted molar refractivity (Wildman–Crippen MR) is 99.1 cm³/mol. The second-order valence-electron chi connectivity index (χ2n) is 6.58. The van der Waals surface area contributed by atoms with Crippen molar-refractivity contribution in [1.82, 2.24) is 9.46 Å². The summed E-state index contributed by atoms with van der Waals surface area (Å²) in [7, 11) is -2.20. The third kappa shape index (κ3) is 3.98. The van der Waals surface area contributed by atoms with Crippen LogP contribution in [0.25, 0.3) is 0 Å². The van der Waals surface area contributed by atoms with Gasteiger partial charge in [0, 0.05) is 24.8 Å². The molecule has 1 aromatic carbocycles. The van der Waals surface area contributed by atoms with Gasteiger partial charge >= 0.3 is 0 Å². The summed E-state index contributed by atoms with van der Waals surface area (Å²) in [5, 5.41) is 6.58. The maximum absolute atomic E-state index is 13.0. The molecule has 0 radical (unpaired) electrons. The van der Waals surface area contributed by atoms with Crippen molar-refractivity contribution < 1.29 is 22.5 Å². The monoisotopic (exact) mass is 393 g/mol. The molecule has 0 saturated carbocycles. The molecule has 8 nitrogen and oxygen atoms in total. The second-order valence-corrected chi connectivity index (χ2v) is 8.45. The van der Waals surface area contributed by atoms with E-state index in [-0.39, 0.29) is 23.1 Å². The number of nitrogens with zero attached hydrogens (tertiary/aromatic N) is 2. The lowest BCUT2D eigenvalue weighted by atomic mass is 9.98. The maximum Gasteiger partial charge on any atom is 0.248 e. The highest BCUT2D eigenvalue weighted by molar-refractivity contribution is 7.89. The number of nitrogens with one attached hydrogen (secondary N) is 1. The number of benzene rings is 1. The van der Waals surface area contributed by atoms with Gasteiger partial charge in [0.05, 0.1) is 13.0 Å². The Hall–Kier alpha value is -2.39. The zero-order chi connectivity index (χ0) is 19.6. The average Bonchev–Trinajstić information content (AvgIpc) is 3.01.